The molecule has 2 heterocycles. The minimum absolute atomic E-state index is 0.140. The Morgan fingerprint density at radius 2 is 1.89 bits per heavy atom. The topological polar surface area (TPSA) is 56.5 Å². The second kappa shape index (κ2) is 4.88. The lowest BCUT2D eigenvalue weighted by Crippen LogP contribution is -2.11. The summed E-state index contributed by atoms with van der Waals surface area (Å²) in [5.74, 6) is -4.23. The van der Waals surface area contributed by atoms with Crippen LogP contribution in [0.25, 0.3) is 0 Å². The largest absolute Gasteiger partial charge is 0.449 e. The van der Waals surface area contributed by atoms with Crippen LogP contribution in [0, 0.1) is 0 Å². The predicted octanol–water partition coefficient (Wildman–Crippen LogP) is 3.36. The summed E-state index contributed by atoms with van der Waals surface area (Å²) in [5, 5.41) is 3.04. The van der Waals surface area contributed by atoms with Crippen molar-refractivity contribution in [1.82, 2.24) is 0 Å². The first-order chi connectivity index (χ1) is 8.88. The predicted molar refractivity (Wildman–Crippen MR) is 57.8 cm³/mol. The van der Waals surface area contributed by atoms with E-state index in [1.807, 2.05) is 0 Å². The highest BCUT2D eigenvalue weighted by Crippen LogP contribution is 2.30. The van der Waals surface area contributed by atoms with E-state index in [0.717, 1.165) is 6.07 Å². The van der Waals surface area contributed by atoms with Crippen LogP contribution in [0.4, 0.5) is 13.2 Å². The number of carbonyl (C=O) groups is 2. The zero-order valence-corrected chi connectivity index (χ0v) is 9.88. The third-order valence-corrected chi connectivity index (χ3v) is 2.71. The Hall–Kier alpha value is -2.09. The Morgan fingerprint density at radius 1 is 1.16 bits per heavy atom. The van der Waals surface area contributed by atoms with Crippen molar-refractivity contribution in [3.63, 3.8) is 0 Å². The van der Waals surface area contributed by atoms with Crippen LogP contribution in [0.2, 0.25) is 0 Å². The molecule has 4 nitrogen and oxygen atoms in total. The minimum Gasteiger partial charge on any atom is -0.444 e. The Kier molecular flexibility index (Phi) is 3.43. The number of thiophene rings is 1. The molecule has 2 aromatic rings. The Morgan fingerprint density at radius 3 is 2.42 bits per heavy atom. The number of hydrogen-bond donors (Lipinski definition) is 0. The van der Waals surface area contributed by atoms with Gasteiger partial charge in [0, 0.05) is 5.38 Å². The average molecular weight is 290 g/mol. The van der Waals surface area contributed by atoms with Crippen LogP contribution in [-0.2, 0) is 10.9 Å². The number of furan rings is 1. The molecular weight excluding hydrogens is 285 g/mol. The Bertz CT molecular complexity index is 598. The molecule has 0 aliphatic heterocycles. The van der Waals surface area contributed by atoms with Gasteiger partial charge in [0.05, 0.1) is 5.56 Å². The van der Waals surface area contributed by atoms with E-state index >= 15 is 0 Å². The van der Waals surface area contributed by atoms with Crippen molar-refractivity contribution in [2.75, 3.05) is 0 Å². The molecule has 100 valence electrons. The molecule has 0 bridgehead atoms. The first-order valence-corrected chi connectivity index (χ1v) is 5.78. The summed E-state index contributed by atoms with van der Waals surface area (Å²) in [7, 11) is 0. The van der Waals surface area contributed by atoms with Gasteiger partial charge in [0.1, 0.15) is 0 Å². The van der Waals surface area contributed by atoms with Crippen molar-refractivity contribution >= 4 is 23.3 Å². The fraction of sp³-hybridized carbons (Fsp3) is 0.0909. The summed E-state index contributed by atoms with van der Waals surface area (Å²) < 4.78 is 45.4. The highest BCUT2D eigenvalue weighted by Gasteiger charge is 2.35. The minimum atomic E-state index is -4.70. The number of ether oxygens (including phenoxy) is 1. The lowest BCUT2D eigenvalue weighted by atomic mass is 10.3. The van der Waals surface area contributed by atoms with E-state index in [1.54, 1.807) is 5.38 Å². The van der Waals surface area contributed by atoms with E-state index in [2.05, 4.69) is 9.15 Å². The second-order valence-corrected chi connectivity index (χ2v) is 4.13. The molecule has 0 N–H and O–H groups in total. The smallest absolute Gasteiger partial charge is 0.444 e. The van der Waals surface area contributed by atoms with E-state index in [9.17, 15) is 22.8 Å². The number of hydrogen-bond acceptors (Lipinski definition) is 5. The van der Waals surface area contributed by atoms with Crippen LogP contribution in [-0.4, -0.2) is 11.9 Å². The zero-order valence-electron chi connectivity index (χ0n) is 9.06. The van der Waals surface area contributed by atoms with E-state index in [0.29, 0.717) is 6.07 Å². The van der Waals surface area contributed by atoms with Crippen LogP contribution in [0.5, 0.6) is 0 Å². The van der Waals surface area contributed by atoms with Crippen LogP contribution >= 0.6 is 11.3 Å². The third kappa shape index (κ3) is 3.02. The molecule has 0 spiro atoms. The van der Waals surface area contributed by atoms with Crippen LogP contribution in [0.1, 0.15) is 26.7 Å². The molecule has 0 saturated carbocycles. The maximum atomic E-state index is 12.2. The van der Waals surface area contributed by atoms with E-state index in [4.69, 9.17) is 0 Å². The maximum Gasteiger partial charge on any atom is 0.449 e. The summed E-state index contributed by atoms with van der Waals surface area (Å²) in [5.41, 5.74) is 0.140. The molecule has 0 aliphatic rings. The average Bonchev–Trinajstić information content (AvgIpc) is 3.00. The van der Waals surface area contributed by atoms with Gasteiger partial charge in [-0.1, -0.05) is 0 Å². The quantitative estimate of drug-likeness (QED) is 0.628. The van der Waals surface area contributed by atoms with Gasteiger partial charge < -0.3 is 9.15 Å². The molecule has 0 radical (unpaired) electrons. The highest BCUT2D eigenvalue weighted by molar-refractivity contribution is 7.08. The Balaban J connectivity index is 2.09. The van der Waals surface area contributed by atoms with Crippen molar-refractivity contribution < 1.29 is 31.9 Å². The molecule has 0 saturated heterocycles. The fourth-order valence-corrected chi connectivity index (χ4v) is 1.80. The molecule has 0 fully saturated rings. The number of esters is 2. The Labute approximate surface area is 108 Å². The summed E-state index contributed by atoms with van der Waals surface area (Å²) >= 11 is 1.21. The van der Waals surface area contributed by atoms with Crippen molar-refractivity contribution in [2.24, 2.45) is 0 Å². The summed E-state index contributed by atoms with van der Waals surface area (Å²) in [6, 6.07) is 2.81. The molecule has 0 atom stereocenters. The molecule has 2 aromatic heterocycles. The first-order valence-electron chi connectivity index (χ1n) is 4.83. The fourth-order valence-electron chi connectivity index (χ4n) is 1.17. The maximum absolute atomic E-state index is 12.2. The molecule has 0 aliphatic carbocycles. The van der Waals surface area contributed by atoms with Crippen molar-refractivity contribution in [3.05, 3.63) is 46.0 Å². The van der Waals surface area contributed by atoms with Gasteiger partial charge in [-0.25, -0.2) is 9.59 Å². The van der Waals surface area contributed by atoms with Gasteiger partial charge in [-0.2, -0.15) is 24.5 Å². The summed E-state index contributed by atoms with van der Waals surface area (Å²) in [6.07, 6.45) is -4.70. The summed E-state index contributed by atoms with van der Waals surface area (Å²) in [6.45, 7) is 0. The molecule has 19 heavy (non-hydrogen) atoms. The molecule has 0 amide bonds. The van der Waals surface area contributed by atoms with Gasteiger partial charge in [-0.05, 0) is 23.6 Å². The normalized spacial score (nSPS) is 11.3. The highest BCUT2D eigenvalue weighted by atomic mass is 32.1. The van der Waals surface area contributed by atoms with E-state index in [-0.39, 0.29) is 5.56 Å². The van der Waals surface area contributed by atoms with E-state index < -0.39 is 29.6 Å². The van der Waals surface area contributed by atoms with Crippen LogP contribution in [0.15, 0.2) is 33.4 Å². The van der Waals surface area contributed by atoms with Crippen molar-refractivity contribution in [1.29, 1.82) is 0 Å². The van der Waals surface area contributed by atoms with Gasteiger partial charge in [0.15, 0.2) is 0 Å². The molecule has 0 unspecified atom stereocenters. The molecular formula is C11H5F3O4S. The molecule has 2 rings (SSSR count). The van der Waals surface area contributed by atoms with Gasteiger partial charge in [-0.3, -0.25) is 0 Å². The lowest BCUT2D eigenvalue weighted by molar-refractivity contribution is -0.153. The first kappa shape index (κ1) is 13.3. The number of rotatable bonds is 2. The van der Waals surface area contributed by atoms with Crippen molar-refractivity contribution in [2.45, 2.75) is 6.18 Å². The third-order valence-electron chi connectivity index (χ3n) is 2.03. The standard InChI is InChI=1S/C11H5F3O4S/c12-11(13,14)8-2-1-7(17-8)10(16)18-9(15)6-3-4-19-5-6/h1-5H. The van der Waals surface area contributed by atoms with E-state index in [1.165, 1.54) is 22.8 Å². The lowest BCUT2D eigenvalue weighted by Gasteiger charge is -2.01. The number of carbonyl (C=O) groups excluding carboxylic acids is 2. The number of alkyl halides is 3. The van der Waals surface area contributed by atoms with Crippen LogP contribution < -0.4 is 0 Å². The molecule has 0 aromatic carbocycles. The van der Waals surface area contributed by atoms with Gasteiger partial charge in [0.2, 0.25) is 11.5 Å². The summed E-state index contributed by atoms with van der Waals surface area (Å²) in [4.78, 5) is 22.8. The number of halogens is 3. The van der Waals surface area contributed by atoms with Crippen molar-refractivity contribution in [3.8, 4) is 0 Å². The zero-order chi connectivity index (χ0) is 14.0. The monoisotopic (exact) mass is 290 g/mol. The SMILES string of the molecule is O=C(OC(=O)c1ccc(C(F)(F)F)o1)c1ccsc1. The van der Waals surface area contributed by atoms with Gasteiger partial charge in [0.25, 0.3) is 0 Å². The van der Waals surface area contributed by atoms with Gasteiger partial charge >= 0.3 is 18.1 Å². The van der Waals surface area contributed by atoms with Gasteiger partial charge in [-0.15, -0.1) is 0 Å². The second-order valence-electron chi connectivity index (χ2n) is 3.35. The van der Waals surface area contributed by atoms with Crippen LogP contribution in [0.3, 0.4) is 0 Å². The molecule has 8 heteroatoms.